The van der Waals surface area contributed by atoms with E-state index in [0.717, 1.165) is 23.0 Å². The van der Waals surface area contributed by atoms with Crippen LogP contribution in [0.2, 0.25) is 0 Å². The third kappa shape index (κ3) is 5.87. The summed E-state index contributed by atoms with van der Waals surface area (Å²) in [7, 11) is 0. The third-order valence-electron chi connectivity index (χ3n) is 3.25. The van der Waals surface area contributed by atoms with Gasteiger partial charge in [-0.05, 0) is 19.1 Å². The van der Waals surface area contributed by atoms with Crippen molar-refractivity contribution in [2.45, 2.75) is 19.8 Å². The van der Waals surface area contributed by atoms with Gasteiger partial charge in [-0.25, -0.2) is 0 Å². The molecule has 1 heterocycles. The van der Waals surface area contributed by atoms with Crippen molar-refractivity contribution in [3.05, 3.63) is 65.2 Å². The van der Waals surface area contributed by atoms with Crippen molar-refractivity contribution in [2.24, 2.45) is 4.99 Å². The molecular formula is C18H18BrNO3. The molecule has 0 saturated heterocycles. The van der Waals surface area contributed by atoms with E-state index in [1.807, 2.05) is 30.8 Å². The Morgan fingerprint density at radius 1 is 1.35 bits per heavy atom. The Hall–Kier alpha value is -2.14. The molecule has 1 aliphatic rings. The fraction of sp³-hybridized carbons (Fsp3) is 0.222. The summed E-state index contributed by atoms with van der Waals surface area (Å²) in [5.74, 6) is -0.243. The maximum absolute atomic E-state index is 11.6. The molecule has 0 spiro atoms. The summed E-state index contributed by atoms with van der Waals surface area (Å²) >= 11 is 0. The van der Waals surface area contributed by atoms with Gasteiger partial charge in [0.1, 0.15) is 0 Å². The van der Waals surface area contributed by atoms with Crippen LogP contribution in [0.4, 0.5) is 0 Å². The average molecular weight is 376 g/mol. The Labute approximate surface area is 146 Å². The molecule has 1 aliphatic heterocycles. The molecule has 0 bridgehead atoms. The summed E-state index contributed by atoms with van der Waals surface area (Å²) in [5.41, 5.74) is 3.57. The van der Waals surface area contributed by atoms with E-state index < -0.39 is 0 Å². The van der Waals surface area contributed by atoms with E-state index in [0.29, 0.717) is 18.6 Å². The standard InChI is InChI=1S/C18H18NO3.BrH/c1-2-22-18(21)11-17-12-19-10-9-16(17)8-7-14-3-5-15(13-20)6-4-14;/h3-8,10,12-13H,2,9,11H2,1H3;1H/q+1;/p-1. The number of ether oxygens (including phenoxy) is 1. The molecule has 0 radical (unpaired) electrons. The molecule has 1 aromatic rings. The lowest BCUT2D eigenvalue weighted by Crippen LogP contribution is -3.00. The third-order valence-corrected chi connectivity index (χ3v) is 3.25. The first-order chi connectivity index (χ1) is 10.7. The van der Waals surface area contributed by atoms with Gasteiger partial charge in [0.2, 0.25) is 0 Å². The molecule has 0 unspecified atom stereocenters. The largest absolute Gasteiger partial charge is 1.00 e. The summed E-state index contributed by atoms with van der Waals surface area (Å²) in [4.78, 5) is 26.4. The van der Waals surface area contributed by atoms with Crippen LogP contribution in [0.25, 0.3) is 0 Å². The van der Waals surface area contributed by atoms with Crippen LogP contribution in [0, 0.1) is 6.42 Å². The zero-order valence-electron chi connectivity index (χ0n) is 12.9. The van der Waals surface area contributed by atoms with Gasteiger partial charge in [-0.1, -0.05) is 0 Å². The second-order valence-electron chi connectivity index (χ2n) is 4.81. The van der Waals surface area contributed by atoms with Crippen LogP contribution in [-0.4, -0.2) is 25.1 Å². The smallest absolute Gasteiger partial charge is 0.311 e. The number of rotatable bonds is 6. The van der Waals surface area contributed by atoms with Gasteiger partial charge >= 0.3 is 5.97 Å². The van der Waals surface area contributed by atoms with E-state index in [2.05, 4.69) is 4.99 Å². The van der Waals surface area contributed by atoms with Crippen LogP contribution in [0.15, 0.2) is 52.7 Å². The SMILES string of the molecule is CCOC(=O)CC1=CN=CCC1=C[CH+]c1ccc(C=O)cc1.[Br-]. The monoisotopic (exact) mass is 375 g/mol. The maximum atomic E-state index is 11.6. The second kappa shape index (κ2) is 9.79. The van der Waals surface area contributed by atoms with Gasteiger partial charge in [-0.3, -0.25) is 14.6 Å². The minimum absolute atomic E-state index is 0. The predicted octanol–water partition coefficient (Wildman–Crippen LogP) is 0.293. The molecular weight excluding hydrogens is 358 g/mol. The minimum atomic E-state index is -0.243. The highest BCUT2D eigenvalue weighted by molar-refractivity contribution is 5.77. The molecule has 0 atom stereocenters. The highest BCUT2D eigenvalue weighted by Gasteiger charge is 2.16. The number of esters is 1. The first-order valence-corrected chi connectivity index (χ1v) is 7.18. The van der Waals surface area contributed by atoms with Gasteiger partial charge in [0, 0.05) is 60.2 Å². The lowest BCUT2D eigenvalue weighted by Gasteiger charge is -2.09. The number of nitrogens with zero attached hydrogens (tertiary/aromatic N) is 1. The van der Waals surface area contributed by atoms with Crippen LogP contribution in [0.3, 0.4) is 0 Å². The van der Waals surface area contributed by atoms with Gasteiger partial charge in [-0.15, -0.1) is 0 Å². The van der Waals surface area contributed by atoms with Gasteiger partial charge in [-0.2, -0.15) is 0 Å². The number of carbonyl (C=O) groups is 2. The van der Waals surface area contributed by atoms with Crippen molar-refractivity contribution in [3.63, 3.8) is 0 Å². The van der Waals surface area contributed by atoms with Crippen molar-refractivity contribution in [2.75, 3.05) is 6.61 Å². The van der Waals surface area contributed by atoms with Crippen molar-refractivity contribution >= 4 is 18.5 Å². The van der Waals surface area contributed by atoms with E-state index >= 15 is 0 Å². The number of hydrogen-bond acceptors (Lipinski definition) is 4. The van der Waals surface area contributed by atoms with Crippen molar-refractivity contribution < 1.29 is 31.3 Å². The Bertz CT molecular complexity index is 630. The van der Waals surface area contributed by atoms with E-state index in [1.54, 1.807) is 25.3 Å². The molecule has 23 heavy (non-hydrogen) atoms. The van der Waals surface area contributed by atoms with Gasteiger partial charge in [0.25, 0.3) is 0 Å². The lowest BCUT2D eigenvalue weighted by atomic mass is 9.97. The summed E-state index contributed by atoms with van der Waals surface area (Å²) in [5, 5.41) is 0. The normalized spacial score (nSPS) is 14.7. The van der Waals surface area contributed by atoms with Crippen LogP contribution in [0.1, 0.15) is 35.7 Å². The quantitative estimate of drug-likeness (QED) is 0.408. The first kappa shape index (κ1) is 18.9. The number of aliphatic imine (C=N–C) groups is 1. The molecule has 4 nitrogen and oxygen atoms in total. The summed E-state index contributed by atoms with van der Waals surface area (Å²) < 4.78 is 4.98. The number of benzene rings is 1. The maximum Gasteiger partial charge on any atom is 0.311 e. The Balaban J connectivity index is 0.00000264. The van der Waals surface area contributed by atoms with Gasteiger partial charge in [0.15, 0.2) is 6.29 Å². The highest BCUT2D eigenvalue weighted by atomic mass is 79.9. The van der Waals surface area contributed by atoms with Crippen molar-refractivity contribution in [1.82, 2.24) is 0 Å². The molecule has 0 amide bonds. The van der Waals surface area contributed by atoms with E-state index in [4.69, 9.17) is 4.74 Å². The number of hydrogen-bond donors (Lipinski definition) is 0. The molecule has 5 heteroatoms. The van der Waals surface area contributed by atoms with Gasteiger partial charge < -0.3 is 21.7 Å². The van der Waals surface area contributed by atoms with E-state index in [9.17, 15) is 9.59 Å². The Morgan fingerprint density at radius 2 is 2.09 bits per heavy atom. The number of allylic oxidation sites excluding steroid dienone is 2. The predicted molar refractivity (Wildman–Crippen MR) is 85.8 cm³/mol. The summed E-state index contributed by atoms with van der Waals surface area (Å²) in [6.45, 7) is 2.17. The minimum Gasteiger partial charge on any atom is -1.00 e. The molecule has 0 aromatic heterocycles. The number of aldehydes is 1. The number of carbonyl (C=O) groups excluding carboxylic acids is 2. The van der Waals surface area contributed by atoms with Gasteiger partial charge in [0.05, 0.1) is 18.6 Å². The van der Waals surface area contributed by atoms with Crippen LogP contribution in [-0.2, 0) is 9.53 Å². The molecule has 0 aliphatic carbocycles. The number of halogens is 1. The van der Waals surface area contributed by atoms with Crippen molar-refractivity contribution in [3.8, 4) is 0 Å². The molecule has 1 aromatic carbocycles. The van der Waals surface area contributed by atoms with Crippen molar-refractivity contribution in [1.29, 1.82) is 0 Å². The fourth-order valence-corrected chi connectivity index (χ4v) is 2.09. The lowest BCUT2D eigenvalue weighted by molar-refractivity contribution is -0.142. The summed E-state index contributed by atoms with van der Waals surface area (Å²) in [6.07, 6.45) is 9.19. The van der Waals surface area contributed by atoms with E-state index in [-0.39, 0.29) is 29.4 Å². The fourth-order valence-electron chi connectivity index (χ4n) is 2.09. The molecule has 120 valence electrons. The van der Waals surface area contributed by atoms with Crippen LogP contribution in [0.5, 0.6) is 0 Å². The molecule has 0 saturated carbocycles. The molecule has 0 N–H and O–H groups in total. The average Bonchev–Trinajstić information content (AvgIpc) is 2.55. The Morgan fingerprint density at radius 3 is 2.74 bits per heavy atom. The topological polar surface area (TPSA) is 55.7 Å². The summed E-state index contributed by atoms with van der Waals surface area (Å²) in [6, 6.07) is 7.31. The van der Waals surface area contributed by atoms with Crippen LogP contribution < -0.4 is 17.0 Å². The molecule has 2 rings (SSSR count). The Kier molecular flexibility index (Phi) is 8.05. The zero-order chi connectivity index (χ0) is 15.8. The zero-order valence-corrected chi connectivity index (χ0v) is 14.5. The highest BCUT2D eigenvalue weighted by Crippen LogP contribution is 2.22. The van der Waals surface area contributed by atoms with E-state index in [1.165, 1.54) is 0 Å². The first-order valence-electron chi connectivity index (χ1n) is 7.18. The van der Waals surface area contributed by atoms with Crippen LogP contribution >= 0.6 is 0 Å². The second-order valence-corrected chi connectivity index (χ2v) is 4.81. The molecule has 0 fully saturated rings.